The van der Waals surface area contributed by atoms with Crippen LogP contribution >= 0.6 is 0 Å². The van der Waals surface area contributed by atoms with Gasteiger partial charge in [0.2, 0.25) is 0 Å². The van der Waals surface area contributed by atoms with E-state index in [1.54, 1.807) is 4.90 Å². The number of hydrogen-bond donors (Lipinski definition) is 0. The third-order valence-corrected chi connectivity index (χ3v) is 6.83. The number of halogens is 4. The van der Waals surface area contributed by atoms with Crippen molar-refractivity contribution in [1.82, 2.24) is 14.8 Å². The van der Waals surface area contributed by atoms with Gasteiger partial charge in [-0.2, -0.15) is 18.3 Å². The topological polar surface area (TPSA) is 34.0 Å². The van der Waals surface area contributed by atoms with E-state index in [9.17, 15) is 17.6 Å². The van der Waals surface area contributed by atoms with E-state index < -0.39 is 17.6 Å². The number of benzene rings is 1. The molecule has 0 saturated carbocycles. The van der Waals surface area contributed by atoms with Crippen LogP contribution in [0, 0.1) is 19.7 Å². The minimum Gasteiger partial charge on any atom is -0.349 e. The molecule has 2 aromatic heterocycles. The maximum atomic E-state index is 14.9. The van der Waals surface area contributed by atoms with Gasteiger partial charge in [-0.3, -0.25) is 4.68 Å². The summed E-state index contributed by atoms with van der Waals surface area (Å²) in [6.07, 6.45) is 8.41. The number of alkyl halides is 3. The number of pyridine rings is 1. The molecule has 1 aliphatic heterocycles. The van der Waals surface area contributed by atoms with Gasteiger partial charge in [-0.25, -0.2) is 9.37 Å². The van der Waals surface area contributed by atoms with Gasteiger partial charge < -0.3 is 4.90 Å². The lowest BCUT2D eigenvalue weighted by Gasteiger charge is -2.28. The van der Waals surface area contributed by atoms with Crippen molar-refractivity contribution in [3.63, 3.8) is 0 Å². The van der Waals surface area contributed by atoms with E-state index in [0.717, 1.165) is 44.8 Å². The van der Waals surface area contributed by atoms with Crippen LogP contribution in [0.5, 0.6) is 0 Å². The Kier molecular flexibility index (Phi) is 8.23. The molecule has 4 nitrogen and oxygen atoms in total. The van der Waals surface area contributed by atoms with Crippen molar-refractivity contribution in [3.05, 3.63) is 106 Å². The molecular formula is C31H32F4N4. The van der Waals surface area contributed by atoms with E-state index >= 15 is 0 Å². The summed E-state index contributed by atoms with van der Waals surface area (Å²) in [6, 6.07) is 4.66. The van der Waals surface area contributed by atoms with Crippen molar-refractivity contribution in [2.75, 3.05) is 11.4 Å². The number of rotatable bonds is 7. The Balaban J connectivity index is 1.80. The predicted octanol–water partition coefficient (Wildman–Crippen LogP) is 8.00. The van der Waals surface area contributed by atoms with Crippen molar-refractivity contribution < 1.29 is 17.6 Å². The van der Waals surface area contributed by atoms with Crippen molar-refractivity contribution >= 4 is 11.9 Å². The van der Waals surface area contributed by atoms with Crippen LogP contribution in [0.1, 0.15) is 47.4 Å². The largest absolute Gasteiger partial charge is 0.417 e. The summed E-state index contributed by atoms with van der Waals surface area (Å²) in [6.45, 7) is 13.1. The van der Waals surface area contributed by atoms with Crippen LogP contribution in [0.3, 0.4) is 0 Å². The molecule has 204 valence electrons. The molecule has 0 radical (unpaired) electrons. The van der Waals surface area contributed by atoms with Crippen LogP contribution in [0.4, 0.5) is 23.4 Å². The number of anilines is 1. The Bertz CT molecular complexity index is 1470. The lowest BCUT2D eigenvalue weighted by molar-refractivity contribution is -0.138. The maximum absolute atomic E-state index is 14.9. The average molecular weight is 537 g/mol. The third-order valence-electron chi connectivity index (χ3n) is 6.83. The molecule has 0 N–H and O–H groups in total. The van der Waals surface area contributed by atoms with Crippen LogP contribution in [-0.4, -0.2) is 21.3 Å². The molecule has 1 aromatic carbocycles. The quantitative estimate of drug-likeness (QED) is 0.227. The van der Waals surface area contributed by atoms with Crippen LogP contribution in [0.25, 0.3) is 17.3 Å². The van der Waals surface area contributed by atoms with Crippen molar-refractivity contribution in [2.24, 2.45) is 0 Å². The van der Waals surface area contributed by atoms with Gasteiger partial charge >= 0.3 is 6.18 Å². The molecule has 3 aromatic rings. The lowest BCUT2D eigenvalue weighted by atomic mass is 9.92. The van der Waals surface area contributed by atoms with Gasteiger partial charge in [0.25, 0.3) is 0 Å². The van der Waals surface area contributed by atoms with Gasteiger partial charge in [0.05, 0.1) is 23.5 Å². The fourth-order valence-electron chi connectivity index (χ4n) is 4.74. The van der Waals surface area contributed by atoms with Gasteiger partial charge in [0.1, 0.15) is 0 Å². The highest BCUT2D eigenvalue weighted by molar-refractivity contribution is 5.79. The maximum Gasteiger partial charge on any atom is 0.417 e. The number of aryl methyl sites for hydroxylation is 1. The van der Waals surface area contributed by atoms with Gasteiger partial charge in [-0.05, 0) is 50.5 Å². The molecular weight excluding hydrogens is 504 g/mol. The van der Waals surface area contributed by atoms with Crippen molar-refractivity contribution in [2.45, 2.75) is 53.4 Å². The van der Waals surface area contributed by atoms with Crippen LogP contribution < -0.4 is 4.90 Å². The summed E-state index contributed by atoms with van der Waals surface area (Å²) >= 11 is 0. The number of nitrogens with zero attached hydrogens (tertiary/aromatic N) is 4. The highest BCUT2D eigenvalue weighted by Gasteiger charge is 2.33. The first-order valence-corrected chi connectivity index (χ1v) is 12.8. The van der Waals surface area contributed by atoms with E-state index in [2.05, 4.69) is 43.6 Å². The fourth-order valence-corrected chi connectivity index (χ4v) is 4.74. The second-order valence-corrected chi connectivity index (χ2v) is 9.76. The van der Waals surface area contributed by atoms with Crippen molar-refractivity contribution in [1.29, 1.82) is 0 Å². The highest BCUT2D eigenvalue weighted by Crippen LogP contribution is 2.37. The fraction of sp³-hybridized carbons (Fsp3) is 0.290. The number of aromatic nitrogens is 3. The Morgan fingerprint density at radius 1 is 1.18 bits per heavy atom. The summed E-state index contributed by atoms with van der Waals surface area (Å²) in [5.41, 5.74) is 6.95. The minimum absolute atomic E-state index is 0.0917. The average Bonchev–Trinajstić information content (AvgIpc) is 3.23. The second kappa shape index (κ2) is 11.4. The molecule has 0 unspecified atom stereocenters. The first-order chi connectivity index (χ1) is 18.5. The van der Waals surface area contributed by atoms with Crippen molar-refractivity contribution in [3.8, 4) is 11.3 Å². The van der Waals surface area contributed by atoms with E-state index in [-0.39, 0.29) is 12.4 Å². The second-order valence-electron chi connectivity index (χ2n) is 9.76. The molecule has 8 heteroatoms. The van der Waals surface area contributed by atoms with Gasteiger partial charge in [0.15, 0.2) is 11.6 Å². The number of fused-ring (bicyclic) bond motifs is 1. The Hall–Kier alpha value is -3.94. The number of allylic oxidation sites excluding steroid dienone is 6. The first-order valence-electron chi connectivity index (χ1n) is 12.8. The molecule has 0 aliphatic carbocycles. The van der Waals surface area contributed by atoms with E-state index in [0.29, 0.717) is 31.8 Å². The molecule has 0 atom stereocenters. The van der Waals surface area contributed by atoms with E-state index in [4.69, 9.17) is 5.10 Å². The first kappa shape index (κ1) is 28.1. The normalized spacial score (nSPS) is 14.2. The minimum atomic E-state index is -4.66. The Labute approximate surface area is 226 Å². The van der Waals surface area contributed by atoms with Crippen LogP contribution in [-0.2, 0) is 25.7 Å². The predicted molar refractivity (Wildman–Crippen MR) is 149 cm³/mol. The summed E-state index contributed by atoms with van der Waals surface area (Å²) in [7, 11) is 0. The number of hydrogen-bond acceptors (Lipinski definition) is 3. The van der Waals surface area contributed by atoms with Crippen LogP contribution in [0.15, 0.2) is 66.9 Å². The monoisotopic (exact) mass is 536 g/mol. The molecule has 0 amide bonds. The summed E-state index contributed by atoms with van der Waals surface area (Å²) in [5, 5.41) is 4.92. The molecule has 0 spiro atoms. The molecule has 3 heterocycles. The molecule has 0 bridgehead atoms. The highest BCUT2D eigenvalue weighted by atomic mass is 19.4. The zero-order chi connectivity index (χ0) is 28.3. The summed E-state index contributed by atoms with van der Waals surface area (Å²) < 4.78 is 56.1. The molecule has 0 saturated heterocycles. The molecule has 4 rings (SSSR count). The smallest absolute Gasteiger partial charge is 0.349 e. The Morgan fingerprint density at radius 3 is 2.62 bits per heavy atom. The molecule has 0 fully saturated rings. The van der Waals surface area contributed by atoms with E-state index in [1.165, 1.54) is 0 Å². The Morgan fingerprint density at radius 2 is 1.95 bits per heavy atom. The summed E-state index contributed by atoms with van der Waals surface area (Å²) in [5.74, 6) is -1.08. The van der Waals surface area contributed by atoms with E-state index in [1.807, 2.05) is 48.9 Å². The van der Waals surface area contributed by atoms with Gasteiger partial charge in [0, 0.05) is 36.8 Å². The standard InChI is InChI=1S/C31H32F4N4/c1-6-10-24-22(5)21(4)12-13-25(24)29-26-19-38(30-27(32)17-23(18-36-30)31(33,34)35)16-14-28(26)37-39(29)15-9-7-8-11-20(2)3/h6-13,17-18H,2,14-16,19H2,1,3-5H3/b9-7-,10-6-,11-8-. The summed E-state index contributed by atoms with van der Waals surface area (Å²) in [4.78, 5) is 5.56. The SMILES string of the molecule is C=C(C)/C=C\C=C/Cn1nc2c(c1-c1ccc(C)c(C)c1/C=C\C)CN(c1ncc(C(F)(F)F)cc1F)CC2. The van der Waals surface area contributed by atoms with Crippen LogP contribution in [0.2, 0.25) is 0 Å². The lowest BCUT2D eigenvalue weighted by Crippen LogP contribution is -2.32. The molecule has 39 heavy (non-hydrogen) atoms. The van der Waals surface area contributed by atoms with Gasteiger partial charge in [-0.15, -0.1) is 0 Å². The molecule has 1 aliphatic rings. The zero-order valence-electron chi connectivity index (χ0n) is 22.6. The van der Waals surface area contributed by atoms with Gasteiger partial charge in [-0.1, -0.05) is 60.7 Å². The third kappa shape index (κ3) is 6.05. The zero-order valence-corrected chi connectivity index (χ0v) is 22.6.